The SMILES string of the molecule is COC(=O)C(C)(C)c1cc[nH]c1C(=S)S. The van der Waals surface area contributed by atoms with Crippen molar-refractivity contribution in [2.24, 2.45) is 0 Å². The van der Waals surface area contributed by atoms with E-state index in [-0.39, 0.29) is 5.97 Å². The van der Waals surface area contributed by atoms with E-state index in [0.717, 1.165) is 5.56 Å². The van der Waals surface area contributed by atoms with Crippen LogP contribution in [0.15, 0.2) is 12.3 Å². The van der Waals surface area contributed by atoms with Crippen molar-refractivity contribution in [1.82, 2.24) is 4.98 Å². The van der Waals surface area contributed by atoms with Gasteiger partial charge in [-0.1, -0.05) is 12.2 Å². The van der Waals surface area contributed by atoms with Crippen LogP contribution >= 0.6 is 24.8 Å². The third-order valence-corrected chi connectivity index (χ3v) is 2.76. The number of aromatic nitrogens is 1. The van der Waals surface area contributed by atoms with E-state index in [2.05, 4.69) is 17.6 Å². The highest BCUT2D eigenvalue weighted by molar-refractivity contribution is 8.11. The molecular formula is C10H13NO2S2. The fourth-order valence-corrected chi connectivity index (χ4v) is 1.79. The lowest BCUT2D eigenvalue weighted by atomic mass is 9.85. The lowest BCUT2D eigenvalue weighted by Gasteiger charge is -2.21. The molecular weight excluding hydrogens is 230 g/mol. The first-order valence-electron chi connectivity index (χ1n) is 4.40. The van der Waals surface area contributed by atoms with Crippen LogP contribution in [-0.4, -0.2) is 22.3 Å². The molecule has 3 nitrogen and oxygen atoms in total. The van der Waals surface area contributed by atoms with Gasteiger partial charge in [0, 0.05) is 6.20 Å². The number of hydrogen-bond donors (Lipinski definition) is 2. The smallest absolute Gasteiger partial charge is 0.315 e. The number of carbonyl (C=O) groups excluding carboxylic acids is 1. The molecule has 1 heterocycles. The van der Waals surface area contributed by atoms with Gasteiger partial charge in [-0.15, -0.1) is 12.6 Å². The minimum absolute atomic E-state index is 0.298. The Morgan fingerprint density at radius 2 is 2.20 bits per heavy atom. The summed E-state index contributed by atoms with van der Waals surface area (Å²) in [5, 5.41) is 0. The van der Waals surface area contributed by atoms with Crippen LogP contribution in [0.2, 0.25) is 0 Å². The summed E-state index contributed by atoms with van der Waals surface area (Å²) >= 11 is 9.08. The van der Waals surface area contributed by atoms with E-state index >= 15 is 0 Å². The molecule has 1 rings (SSSR count). The first kappa shape index (κ1) is 12.3. The van der Waals surface area contributed by atoms with Crippen molar-refractivity contribution in [2.75, 3.05) is 7.11 Å². The standard InChI is InChI=1S/C10H13NO2S2/c1-10(2,9(12)13-3)6-4-5-11-7(6)8(14)15/h4-5,11H,1-3H3,(H,14,15). The Morgan fingerprint density at radius 1 is 1.60 bits per heavy atom. The molecule has 1 aromatic heterocycles. The monoisotopic (exact) mass is 243 g/mol. The molecule has 0 atom stereocenters. The fourth-order valence-electron chi connectivity index (χ4n) is 1.43. The van der Waals surface area contributed by atoms with E-state index < -0.39 is 5.41 Å². The summed E-state index contributed by atoms with van der Waals surface area (Å²) in [4.78, 5) is 14.6. The van der Waals surface area contributed by atoms with Gasteiger partial charge in [-0.25, -0.2) is 0 Å². The number of rotatable bonds is 3. The normalized spacial score (nSPS) is 11.2. The van der Waals surface area contributed by atoms with Crippen LogP contribution in [0.3, 0.4) is 0 Å². The summed E-state index contributed by atoms with van der Waals surface area (Å²) in [5.41, 5.74) is 0.773. The zero-order valence-corrected chi connectivity index (χ0v) is 10.5. The highest BCUT2D eigenvalue weighted by atomic mass is 32.1. The third kappa shape index (κ3) is 2.23. The number of thiol groups is 1. The number of aromatic amines is 1. The predicted octanol–water partition coefficient (Wildman–Crippen LogP) is 2.07. The van der Waals surface area contributed by atoms with Crippen LogP contribution in [-0.2, 0) is 14.9 Å². The Morgan fingerprint density at radius 3 is 2.67 bits per heavy atom. The molecule has 0 aliphatic carbocycles. The van der Waals surface area contributed by atoms with Crippen molar-refractivity contribution < 1.29 is 9.53 Å². The van der Waals surface area contributed by atoms with Crippen molar-refractivity contribution in [3.8, 4) is 0 Å². The number of carbonyl (C=O) groups is 1. The maximum atomic E-state index is 11.6. The molecule has 0 radical (unpaired) electrons. The summed E-state index contributed by atoms with van der Waals surface area (Å²) in [6, 6.07) is 1.81. The van der Waals surface area contributed by atoms with E-state index in [4.69, 9.17) is 17.0 Å². The number of methoxy groups -OCH3 is 1. The number of H-pyrrole nitrogens is 1. The third-order valence-electron chi connectivity index (χ3n) is 2.33. The lowest BCUT2D eigenvalue weighted by Crippen LogP contribution is -2.31. The second-order valence-corrected chi connectivity index (χ2v) is 4.85. The van der Waals surface area contributed by atoms with Gasteiger partial charge in [0.05, 0.1) is 22.4 Å². The van der Waals surface area contributed by atoms with E-state index in [9.17, 15) is 4.79 Å². The van der Waals surface area contributed by atoms with Crippen LogP contribution in [0.4, 0.5) is 0 Å². The van der Waals surface area contributed by atoms with E-state index in [0.29, 0.717) is 9.89 Å². The lowest BCUT2D eigenvalue weighted by molar-refractivity contribution is -0.146. The summed E-state index contributed by atoms with van der Waals surface area (Å²) in [6.45, 7) is 3.58. The number of ether oxygens (including phenoxy) is 1. The van der Waals surface area contributed by atoms with Gasteiger partial charge >= 0.3 is 5.97 Å². The molecule has 15 heavy (non-hydrogen) atoms. The van der Waals surface area contributed by atoms with Gasteiger partial charge in [0.15, 0.2) is 0 Å². The first-order chi connectivity index (χ1) is 6.91. The summed E-state index contributed by atoms with van der Waals surface area (Å²) in [5.74, 6) is -0.298. The minimum Gasteiger partial charge on any atom is -0.468 e. The summed E-state index contributed by atoms with van der Waals surface area (Å²) in [7, 11) is 1.37. The van der Waals surface area contributed by atoms with Gasteiger partial charge in [0.25, 0.3) is 0 Å². The molecule has 0 aliphatic heterocycles. The number of thiocarbonyl (C=S) groups is 1. The molecule has 0 amide bonds. The zero-order chi connectivity index (χ0) is 11.6. The predicted molar refractivity (Wildman–Crippen MR) is 66.5 cm³/mol. The number of esters is 1. The van der Waals surface area contributed by atoms with Crippen molar-refractivity contribution in [2.45, 2.75) is 19.3 Å². The highest BCUT2D eigenvalue weighted by Gasteiger charge is 2.34. The number of hydrogen-bond acceptors (Lipinski definition) is 3. The van der Waals surface area contributed by atoms with Gasteiger partial charge in [-0.2, -0.15) is 0 Å². The van der Waals surface area contributed by atoms with Crippen molar-refractivity contribution in [1.29, 1.82) is 0 Å². The second kappa shape index (κ2) is 4.37. The van der Waals surface area contributed by atoms with E-state index in [1.807, 2.05) is 6.07 Å². The molecule has 0 aromatic carbocycles. The quantitative estimate of drug-likeness (QED) is 0.485. The van der Waals surface area contributed by atoms with Gasteiger partial charge in [-0.3, -0.25) is 4.79 Å². The molecule has 1 N–H and O–H groups in total. The van der Waals surface area contributed by atoms with Gasteiger partial charge < -0.3 is 9.72 Å². The number of nitrogens with one attached hydrogen (secondary N) is 1. The van der Waals surface area contributed by atoms with Crippen LogP contribution in [0.5, 0.6) is 0 Å². The fraction of sp³-hybridized carbons (Fsp3) is 0.400. The first-order valence-corrected chi connectivity index (χ1v) is 5.26. The molecule has 0 fully saturated rings. The van der Waals surface area contributed by atoms with Gasteiger partial charge in [0.2, 0.25) is 0 Å². The Labute approximate surface area is 99.6 Å². The molecule has 5 heteroatoms. The zero-order valence-electron chi connectivity index (χ0n) is 8.83. The molecule has 82 valence electrons. The Hall–Kier alpha value is -0.810. The maximum Gasteiger partial charge on any atom is 0.315 e. The molecule has 0 unspecified atom stereocenters. The Kier molecular flexibility index (Phi) is 3.57. The Balaban J connectivity index is 3.20. The van der Waals surface area contributed by atoms with Crippen LogP contribution in [0.1, 0.15) is 25.1 Å². The Bertz CT molecular complexity index is 396. The largest absolute Gasteiger partial charge is 0.468 e. The van der Waals surface area contributed by atoms with Gasteiger partial charge in [0.1, 0.15) is 0 Å². The van der Waals surface area contributed by atoms with Crippen molar-refractivity contribution in [3.05, 3.63) is 23.5 Å². The topological polar surface area (TPSA) is 42.1 Å². The second-order valence-electron chi connectivity index (χ2n) is 3.69. The van der Waals surface area contributed by atoms with Crippen LogP contribution in [0.25, 0.3) is 0 Å². The maximum absolute atomic E-state index is 11.6. The van der Waals surface area contributed by atoms with Gasteiger partial charge in [-0.05, 0) is 25.5 Å². The van der Waals surface area contributed by atoms with E-state index in [1.165, 1.54) is 7.11 Å². The summed E-state index contributed by atoms with van der Waals surface area (Å²) < 4.78 is 5.19. The molecule has 0 aliphatic rings. The highest BCUT2D eigenvalue weighted by Crippen LogP contribution is 2.28. The van der Waals surface area contributed by atoms with Crippen LogP contribution < -0.4 is 0 Å². The van der Waals surface area contributed by atoms with Crippen molar-refractivity contribution in [3.63, 3.8) is 0 Å². The molecule has 0 bridgehead atoms. The van der Waals surface area contributed by atoms with Crippen molar-refractivity contribution >= 4 is 35.0 Å². The van der Waals surface area contributed by atoms with E-state index in [1.54, 1.807) is 20.0 Å². The average molecular weight is 243 g/mol. The summed E-state index contributed by atoms with van der Waals surface area (Å²) in [6.07, 6.45) is 1.73. The molecule has 0 saturated carbocycles. The molecule has 0 spiro atoms. The minimum atomic E-state index is -0.725. The average Bonchev–Trinajstić information content (AvgIpc) is 2.65. The van der Waals surface area contributed by atoms with Crippen LogP contribution in [0, 0.1) is 0 Å². The molecule has 1 aromatic rings. The molecule has 0 saturated heterocycles.